The number of ether oxygens (including phenoxy) is 2. The van der Waals surface area contributed by atoms with Crippen molar-refractivity contribution in [2.75, 3.05) is 97.1 Å². The Morgan fingerprint density at radius 1 is 0.607 bits per heavy atom. The molecule has 8 heterocycles. The number of alkyl halides is 1. The van der Waals surface area contributed by atoms with Gasteiger partial charge in [0.1, 0.15) is 17.7 Å². The van der Waals surface area contributed by atoms with Gasteiger partial charge in [-0.15, -0.1) is 42.6 Å². The van der Waals surface area contributed by atoms with Gasteiger partial charge in [0.25, 0.3) is 22.2 Å². The average molecular weight is 1670 g/mol. The first kappa shape index (κ1) is 92.8. The number of fused-ring (bicyclic) bond motifs is 6. The zero-order chi connectivity index (χ0) is 80.7. The number of primary amides is 5. The van der Waals surface area contributed by atoms with Crippen LogP contribution < -0.4 is 28.7 Å². The van der Waals surface area contributed by atoms with E-state index in [1.54, 1.807) is 86.6 Å². The summed E-state index contributed by atoms with van der Waals surface area (Å²) in [6, 6.07) is -1.25. The van der Waals surface area contributed by atoms with Gasteiger partial charge in [-0.3, -0.25) is 48.5 Å². The minimum atomic E-state index is -0.640. The number of carbonyl (C=O) groups is 13. The van der Waals surface area contributed by atoms with Crippen LogP contribution in [0.2, 0.25) is 0 Å². The molecule has 2 aromatic rings. The third kappa shape index (κ3) is 35.1. The second-order valence-corrected chi connectivity index (χ2v) is 26.6. The fraction of sp³-hybridized carbons (Fsp3) is 0.476. The lowest BCUT2D eigenvalue weighted by Crippen LogP contribution is -2.41. The molecule has 0 spiro atoms. The first-order valence-electron chi connectivity index (χ1n) is 32.0. The molecule has 2 aromatic heterocycles. The van der Waals surface area contributed by atoms with Crippen LogP contribution in [0.3, 0.4) is 0 Å². The molecule has 0 saturated carbocycles. The molecule has 44 heteroatoms. The molecule has 6 aliphatic rings. The van der Waals surface area contributed by atoms with Gasteiger partial charge in [-0.25, -0.2) is 28.5 Å². The van der Waals surface area contributed by atoms with Gasteiger partial charge in [0.2, 0.25) is 29.5 Å². The summed E-state index contributed by atoms with van der Waals surface area (Å²) < 4.78 is 14.2. The van der Waals surface area contributed by atoms with Crippen molar-refractivity contribution in [2.24, 2.45) is 28.7 Å². The van der Waals surface area contributed by atoms with Crippen LogP contribution in [0.25, 0.3) is 11.4 Å². The molecule has 0 aromatic carbocycles. The fourth-order valence-corrected chi connectivity index (χ4v) is 10.2. The molecular weight excluding hydrogens is 1580 g/mol. The zero-order valence-corrected chi connectivity index (χ0v) is 63.7. The summed E-state index contributed by atoms with van der Waals surface area (Å²) in [4.78, 5) is 164. The molecular formula is C63H87B3BrIN21O18. The Morgan fingerprint density at radius 2 is 1.01 bits per heavy atom. The highest BCUT2D eigenvalue weighted by Crippen LogP contribution is 2.29. The van der Waals surface area contributed by atoms with E-state index in [2.05, 4.69) is 96.1 Å². The minimum absolute atomic E-state index is 0.00213. The topological polar surface area (TPSA) is 503 Å². The highest BCUT2D eigenvalue weighted by Gasteiger charge is 2.43. The van der Waals surface area contributed by atoms with E-state index in [1.807, 2.05) is 6.08 Å². The molecule has 11 N–H and O–H groups in total. The van der Waals surface area contributed by atoms with Gasteiger partial charge in [-0.1, -0.05) is 56.3 Å². The standard InChI is InChI=1S/C15H19BN7O4.C12H15BN7O4.C10H16N2O3.C9H11IN2O2.C8H15NO3.C6H8BN2O2.C3H3Br/c1-2-3-27-23-13-4-12(7-20(8-13)15(23)26)22-6-11(18-19-22)5-21(16-10-24)9-14(17)25;14-11(22)6-18(13-7-21)2-8-3-19(16-15-8)9-1-10-5-17(4-9)12(23)20(10)24;1-5-6-12(7-8(11)13)9(14)15-10(2,3)4;1-2-3-14-12-8-4-7(10)5-11(6-8)9(12)13;1-8(2,3)12-7(11)5-4-6(9)10;1-2-3-9(7-5-10)4-6(8)11;1-2-3-4/h2,4,6,10,13H,1,3,5,7-9H2,(H2,17,25);1,3,7,10,24H,2,4-6H2,(H2,14,22);1H,6-7H2,2-4H3,(H2,11,13);2,4,8H,1,3,5-6H2;4-5H2,1-3H3,(H2,9,10);1,5H,3-4H2,(H2,8,11);1H,3H2. The van der Waals surface area contributed by atoms with E-state index < -0.39 is 58.9 Å². The molecule has 12 amide bonds. The van der Waals surface area contributed by atoms with Crippen LogP contribution in [-0.4, -0.2) is 311 Å². The van der Waals surface area contributed by atoms with Crippen LogP contribution in [0.5, 0.6) is 0 Å². The Bertz CT molecular complexity index is 3680. The van der Waals surface area contributed by atoms with Gasteiger partial charge in [0, 0.05) is 42.7 Å². The Kier molecular flexibility index (Phi) is 41.1. The van der Waals surface area contributed by atoms with Crippen molar-refractivity contribution < 1.29 is 86.7 Å². The number of carbonyl (C=O) groups excluding carboxylic acids is 13. The van der Waals surface area contributed by atoms with Gasteiger partial charge in [0.05, 0.1) is 149 Å². The molecule has 575 valence electrons. The molecule has 0 aliphatic carbocycles. The van der Waals surface area contributed by atoms with Crippen LogP contribution in [0.15, 0.2) is 59.5 Å². The van der Waals surface area contributed by atoms with Crippen LogP contribution in [-0.2, 0) is 75.4 Å². The summed E-state index contributed by atoms with van der Waals surface area (Å²) in [5.74, 6) is 3.75. The van der Waals surface area contributed by atoms with Crippen LogP contribution in [0, 0.1) is 37.0 Å². The lowest BCUT2D eigenvalue weighted by Gasteiger charge is -2.25. The van der Waals surface area contributed by atoms with E-state index in [9.17, 15) is 67.5 Å². The monoisotopic (exact) mass is 1660 g/mol. The van der Waals surface area contributed by atoms with Crippen molar-refractivity contribution in [1.82, 2.24) is 79.2 Å². The fourth-order valence-electron chi connectivity index (χ4n) is 9.32. The number of nitrogens with two attached hydrogens (primary N) is 5. The number of rotatable bonds is 31. The number of aromatic nitrogens is 6. The molecule has 6 aliphatic heterocycles. The van der Waals surface area contributed by atoms with Crippen LogP contribution in [0.4, 0.5) is 19.2 Å². The average Bonchev–Trinajstić information content (AvgIpc) is 1.65. The number of hydrogen-bond donors (Lipinski definition) is 6. The number of terminal acetylenes is 3. The van der Waals surface area contributed by atoms with Crippen molar-refractivity contribution in [1.29, 1.82) is 0 Å². The minimum Gasteiger partial charge on any atom is -0.460 e. The van der Waals surface area contributed by atoms with Gasteiger partial charge in [-0.05, 0) is 82.4 Å². The highest BCUT2D eigenvalue weighted by atomic mass is 127. The Balaban J connectivity index is 0.000000446. The molecule has 3 atom stereocenters. The number of hydrogen-bond acceptors (Lipinski definition) is 25. The van der Waals surface area contributed by atoms with Gasteiger partial charge < -0.3 is 81.7 Å². The number of hydroxylamine groups is 6. The smallest absolute Gasteiger partial charge is 0.411 e. The summed E-state index contributed by atoms with van der Waals surface area (Å²) in [5, 5.41) is 29.9. The van der Waals surface area contributed by atoms with Crippen molar-refractivity contribution in [3.63, 3.8) is 0 Å². The molecule has 39 nitrogen and oxygen atoms in total. The molecule has 6 bridgehead atoms. The maximum absolute atomic E-state index is 12.3. The van der Waals surface area contributed by atoms with E-state index in [-0.39, 0.29) is 102 Å². The van der Waals surface area contributed by atoms with E-state index >= 15 is 0 Å². The molecule has 8 rings (SSSR count). The second-order valence-electron chi connectivity index (χ2n) is 24.7. The number of halogens is 2. The Labute approximate surface area is 643 Å². The zero-order valence-electron chi connectivity index (χ0n) is 60.0. The van der Waals surface area contributed by atoms with Crippen molar-refractivity contribution >= 4 is 150 Å². The summed E-state index contributed by atoms with van der Waals surface area (Å²) in [7, 11) is 3.62. The van der Waals surface area contributed by atoms with E-state index in [1.165, 1.54) is 60.0 Å². The van der Waals surface area contributed by atoms with Crippen molar-refractivity contribution in [3.8, 4) is 37.0 Å². The summed E-state index contributed by atoms with van der Waals surface area (Å²) >= 11 is 5.26. The molecule has 3 radical (unpaired) electrons. The third-order valence-corrected chi connectivity index (χ3v) is 14.3. The largest absolute Gasteiger partial charge is 0.460 e. The summed E-state index contributed by atoms with van der Waals surface area (Å²) in [6.07, 6.45) is 28.2. The Hall–Kier alpha value is -10.3. The maximum atomic E-state index is 12.3. The third-order valence-electron chi connectivity index (χ3n) is 13.3. The van der Waals surface area contributed by atoms with Crippen LogP contribution in [0.1, 0.15) is 65.8 Å². The number of nitrogens with zero attached hydrogens (tertiary/aromatic N) is 16. The number of esters is 1. The molecule has 3 unspecified atom stereocenters. The lowest BCUT2D eigenvalue weighted by atomic mass is 9.94. The maximum Gasteiger partial charge on any atom is 0.411 e. The predicted octanol–water partition coefficient (Wildman–Crippen LogP) is -2.11. The SMILES string of the molecule is C#CCBr.C#CCN(CC(N)=O)C(=O)OC(C)(C)C.C#CCN([B]C=O)CC(N)=O.C=CCON1C(=O)N2CC(I)=CC1C2.C=CCON1C(=O)N2CC(n3cc(CN([B]C=O)CC(N)=O)nn3)=CC1C2.CC(C)(C)OC(=O)CCC(N)=O.NC(=O)CN([B]C=O)Cc1cn(C2=CC3CN(C2)C(=O)N3O)nn1. The predicted molar refractivity (Wildman–Crippen MR) is 402 cm³/mol. The van der Waals surface area contributed by atoms with Gasteiger partial charge in [0.15, 0.2) is 0 Å². The molecule has 3 fully saturated rings. The quantitative estimate of drug-likeness (QED) is 0.00687. The Morgan fingerprint density at radius 3 is 1.40 bits per heavy atom. The van der Waals surface area contributed by atoms with E-state index in [4.69, 9.17) is 67.1 Å². The summed E-state index contributed by atoms with van der Waals surface area (Å²) in [6.45, 7) is 21.5. The number of urea groups is 3. The van der Waals surface area contributed by atoms with Crippen molar-refractivity contribution in [2.45, 2.75) is 96.8 Å². The van der Waals surface area contributed by atoms with Crippen LogP contribution >= 0.6 is 38.5 Å². The van der Waals surface area contributed by atoms with Gasteiger partial charge >= 0.3 is 30.2 Å². The summed E-state index contributed by atoms with van der Waals surface area (Å²) in [5.41, 5.74) is 26.4. The first-order valence-corrected chi connectivity index (χ1v) is 34.2. The number of amides is 12. The first-order chi connectivity index (χ1) is 50.4. The highest BCUT2D eigenvalue weighted by molar-refractivity contribution is 14.1. The van der Waals surface area contributed by atoms with E-state index in [0.29, 0.717) is 85.4 Å². The van der Waals surface area contributed by atoms with E-state index in [0.717, 1.165) is 17.1 Å². The molecule has 107 heavy (non-hydrogen) atoms. The van der Waals surface area contributed by atoms with Crippen molar-refractivity contribution in [3.05, 3.63) is 70.9 Å². The normalized spacial score (nSPS) is 16.2. The second kappa shape index (κ2) is 47.3. The van der Waals surface area contributed by atoms with Gasteiger partial charge in [-0.2, -0.15) is 15.2 Å². The lowest BCUT2D eigenvalue weighted by molar-refractivity contribution is -0.155. The molecule has 3 saturated heterocycles.